The van der Waals surface area contributed by atoms with E-state index in [9.17, 15) is 5.11 Å². The van der Waals surface area contributed by atoms with E-state index in [1.165, 1.54) is 0 Å². The quantitative estimate of drug-likeness (QED) is 0.631. The third kappa shape index (κ3) is 4.35. The third-order valence-electron chi connectivity index (χ3n) is 1.80. The van der Waals surface area contributed by atoms with Gasteiger partial charge in [0.05, 0.1) is 11.2 Å². The Morgan fingerprint density at radius 3 is 2.09 bits per heavy atom. The molecule has 0 rings (SSSR count). The van der Waals surface area contributed by atoms with Crippen LogP contribution in [-0.2, 0) is 4.74 Å². The molecule has 0 aromatic rings. The Balaban J connectivity index is 4.02. The zero-order valence-corrected chi connectivity index (χ0v) is 7.85. The third-order valence-corrected chi connectivity index (χ3v) is 1.80. The predicted octanol–water partition coefficient (Wildman–Crippen LogP) is 0.511. The van der Waals surface area contributed by atoms with Crippen LogP contribution in [0, 0.1) is 0 Å². The summed E-state index contributed by atoms with van der Waals surface area (Å²) in [6.45, 7) is 5.84. The van der Waals surface area contributed by atoms with Gasteiger partial charge in [0.15, 0.2) is 0 Å². The molecule has 0 heterocycles. The molecule has 1 atom stereocenters. The summed E-state index contributed by atoms with van der Waals surface area (Å²) in [5.74, 6) is 0. The fourth-order valence-corrected chi connectivity index (χ4v) is 1.06. The van der Waals surface area contributed by atoms with Crippen molar-refractivity contribution in [1.82, 2.24) is 0 Å². The second-order valence-corrected chi connectivity index (χ2v) is 3.84. The normalized spacial score (nSPS) is 18.0. The Morgan fingerprint density at radius 1 is 1.36 bits per heavy atom. The van der Waals surface area contributed by atoms with Gasteiger partial charge in [-0.1, -0.05) is 0 Å². The summed E-state index contributed by atoms with van der Waals surface area (Å²) in [5.41, 5.74) is 4.24. The molecule has 0 saturated carbocycles. The number of hydrogen-bond donors (Lipinski definition) is 2. The van der Waals surface area contributed by atoms with Crippen LogP contribution in [0.15, 0.2) is 0 Å². The van der Waals surface area contributed by atoms with E-state index >= 15 is 0 Å². The van der Waals surface area contributed by atoms with Gasteiger partial charge >= 0.3 is 0 Å². The Morgan fingerprint density at radius 2 is 1.82 bits per heavy atom. The zero-order valence-electron chi connectivity index (χ0n) is 7.85. The second-order valence-electron chi connectivity index (χ2n) is 3.84. The van der Waals surface area contributed by atoms with Gasteiger partial charge in [-0.25, -0.2) is 0 Å². The van der Waals surface area contributed by atoms with Crippen molar-refractivity contribution < 1.29 is 9.84 Å². The first-order valence-electron chi connectivity index (χ1n) is 3.80. The van der Waals surface area contributed by atoms with E-state index in [0.29, 0.717) is 6.42 Å². The van der Waals surface area contributed by atoms with Gasteiger partial charge in [0, 0.05) is 20.1 Å². The number of methoxy groups -OCH3 is 1. The van der Waals surface area contributed by atoms with Gasteiger partial charge < -0.3 is 15.6 Å². The number of hydrogen-bond acceptors (Lipinski definition) is 3. The van der Waals surface area contributed by atoms with Crippen LogP contribution < -0.4 is 5.73 Å². The highest BCUT2D eigenvalue weighted by Gasteiger charge is 2.28. The Kier molecular flexibility index (Phi) is 3.48. The molecule has 0 fully saturated rings. The minimum absolute atomic E-state index is 0.264. The van der Waals surface area contributed by atoms with Crippen molar-refractivity contribution >= 4 is 0 Å². The Labute approximate surface area is 68.5 Å². The zero-order chi connectivity index (χ0) is 9.12. The SMILES string of the molecule is COC(C)(C)CC(C)(O)CN. The molecule has 1 unspecified atom stereocenters. The lowest BCUT2D eigenvalue weighted by Gasteiger charge is -2.31. The topological polar surface area (TPSA) is 55.5 Å². The average Bonchev–Trinajstić information content (AvgIpc) is 1.86. The summed E-state index contributed by atoms with van der Waals surface area (Å²) < 4.78 is 5.16. The average molecular weight is 161 g/mol. The van der Waals surface area contributed by atoms with Gasteiger partial charge in [-0.05, 0) is 20.8 Å². The molecule has 0 aromatic heterocycles. The predicted molar refractivity (Wildman–Crippen MR) is 45.4 cm³/mol. The molecule has 0 aliphatic rings. The van der Waals surface area contributed by atoms with E-state index in [2.05, 4.69) is 0 Å². The Bertz CT molecular complexity index is 107. The maximum atomic E-state index is 9.58. The minimum atomic E-state index is -0.820. The van der Waals surface area contributed by atoms with Crippen LogP contribution >= 0.6 is 0 Å². The molecule has 68 valence electrons. The van der Waals surface area contributed by atoms with Crippen molar-refractivity contribution in [3.8, 4) is 0 Å². The highest BCUT2D eigenvalue weighted by molar-refractivity contribution is 4.83. The van der Waals surface area contributed by atoms with Gasteiger partial charge in [0.25, 0.3) is 0 Å². The molecule has 0 spiro atoms. The minimum Gasteiger partial charge on any atom is -0.389 e. The van der Waals surface area contributed by atoms with E-state index in [0.717, 1.165) is 0 Å². The van der Waals surface area contributed by atoms with Crippen LogP contribution in [0.4, 0.5) is 0 Å². The van der Waals surface area contributed by atoms with E-state index in [1.54, 1.807) is 14.0 Å². The highest BCUT2D eigenvalue weighted by Crippen LogP contribution is 2.21. The van der Waals surface area contributed by atoms with Crippen molar-refractivity contribution in [2.75, 3.05) is 13.7 Å². The molecule has 0 aliphatic heterocycles. The van der Waals surface area contributed by atoms with Crippen LogP contribution in [0.25, 0.3) is 0 Å². The summed E-state index contributed by atoms with van der Waals surface area (Å²) in [4.78, 5) is 0. The van der Waals surface area contributed by atoms with Crippen molar-refractivity contribution in [3.63, 3.8) is 0 Å². The monoisotopic (exact) mass is 161 g/mol. The number of nitrogens with two attached hydrogens (primary N) is 1. The molecular formula is C8H19NO2. The number of ether oxygens (including phenoxy) is 1. The number of aliphatic hydroxyl groups is 1. The fraction of sp³-hybridized carbons (Fsp3) is 1.00. The van der Waals surface area contributed by atoms with E-state index in [4.69, 9.17) is 10.5 Å². The van der Waals surface area contributed by atoms with Crippen LogP contribution in [0.3, 0.4) is 0 Å². The molecule has 3 nitrogen and oxygen atoms in total. The highest BCUT2D eigenvalue weighted by atomic mass is 16.5. The smallest absolute Gasteiger partial charge is 0.0768 e. The molecule has 0 amide bonds. The van der Waals surface area contributed by atoms with Crippen LogP contribution in [0.5, 0.6) is 0 Å². The number of rotatable bonds is 4. The van der Waals surface area contributed by atoms with Gasteiger partial charge in [-0.2, -0.15) is 0 Å². The van der Waals surface area contributed by atoms with Crippen molar-refractivity contribution in [1.29, 1.82) is 0 Å². The maximum Gasteiger partial charge on any atom is 0.0768 e. The summed E-state index contributed by atoms with van der Waals surface area (Å²) in [6.07, 6.45) is 0.549. The van der Waals surface area contributed by atoms with Gasteiger partial charge in [-0.3, -0.25) is 0 Å². The largest absolute Gasteiger partial charge is 0.389 e. The summed E-state index contributed by atoms with van der Waals surface area (Å²) in [5, 5.41) is 9.58. The Hall–Kier alpha value is -0.120. The first-order chi connectivity index (χ1) is 4.83. The lowest BCUT2D eigenvalue weighted by Crippen LogP contribution is -2.42. The van der Waals surface area contributed by atoms with E-state index in [-0.39, 0.29) is 12.1 Å². The lowest BCUT2D eigenvalue weighted by atomic mass is 9.91. The van der Waals surface area contributed by atoms with Crippen LogP contribution in [0.2, 0.25) is 0 Å². The summed E-state index contributed by atoms with van der Waals surface area (Å²) in [6, 6.07) is 0. The summed E-state index contributed by atoms with van der Waals surface area (Å²) in [7, 11) is 1.63. The fourth-order valence-electron chi connectivity index (χ4n) is 1.06. The molecule has 0 radical (unpaired) electrons. The molecule has 0 aliphatic carbocycles. The molecule has 0 bridgehead atoms. The molecular weight excluding hydrogens is 142 g/mol. The first kappa shape index (κ1) is 10.9. The van der Waals surface area contributed by atoms with Crippen molar-refractivity contribution in [2.45, 2.75) is 38.4 Å². The lowest BCUT2D eigenvalue weighted by molar-refractivity contribution is -0.0543. The van der Waals surface area contributed by atoms with E-state index < -0.39 is 5.60 Å². The standard InChI is InChI=1S/C8H19NO2/c1-7(2,11-4)5-8(3,10)6-9/h10H,5-6,9H2,1-4H3. The van der Waals surface area contributed by atoms with Crippen LogP contribution in [-0.4, -0.2) is 30.0 Å². The van der Waals surface area contributed by atoms with Gasteiger partial charge in [-0.15, -0.1) is 0 Å². The molecule has 0 aromatic carbocycles. The van der Waals surface area contributed by atoms with Crippen molar-refractivity contribution in [2.24, 2.45) is 5.73 Å². The summed E-state index contributed by atoms with van der Waals surface area (Å²) >= 11 is 0. The van der Waals surface area contributed by atoms with Gasteiger partial charge in [0.2, 0.25) is 0 Å². The molecule has 3 heteroatoms. The first-order valence-corrected chi connectivity index (χ1v) is 3.80. The van der Waals surface area contributed by atoms with Gasteiger partial charge in [0.1, 0.15) is 0 Å². The second kappa shape index (κ2) is 3.52. The molecule has 11 heavy (non-hydrogen) atoms. The van der Waals surface area contributed by atoms with E-state index in [1.807, 2.05) is 13.8 Å². The van der Waals surface area contributed by atoms with Crippen molar-refractivity contribution in [3.05, 3.63) is 0 Å². The van der Waals surface area contributed by atoms with Crippen LogP contribution in [0.1, 0.15) is 27.2 Å². The maximum absolute atomic E-state index is 9.58. The molecule has 3 N–H and O–H groups in total. The molecule has 0 saturated heterocycles.